The molecule has 3 rings (SSSR count). The van der Waals surface area contributed by atoms with Crippen LogP contribution in [0.15, 0.2) is 18.5 Å². The number of anilines is 1. The van der Waals surface area contributed by atoms with Gasteiger partial charge in [-0.1, -0.05) is 58.4 Å². The largest absolute Gasteiger partial charge is 0.417 e. The molecular formula is C33H56ClN5O4Si2. The third-order valence-corrected chi connectivity index (χ3v) is 15.6. The highest BCUT2D eigenvalue weighted by Crippen LogP contribution is 2.37. The van der Waals surface area contributed by atoms with E-state index in [4.69, 9.17) is 25.9 Å². The molecule has 12 heteroatoms. The maximum atomic E-state index is 13.2. The molecule has 0 spiro atoms. The summed E-state index contributed by atoms with van der Waals surface area (Å²) in [5, 5.41) is 11.4. The molecule has 0 unspecified atom stereocenters. The van der Waals surface area contributed by atoms with Crippen LogP contribution in [-0.4, -0.2) is 62.2 Å². The Kier molecular flexibility index (Phi) is 13.4. The summed E-state index contributed by atoms with van der Waals surface area (Å²) in [6.07, 6.45) is 9.30. The average molecular weight is 678 g/mol. The Morgan fingerprint density at radius 3 is 2.47 bits per heavy atom. The number of aromatic nitrogens is 3. The normalized spacial score (nSPS) is 17.7. The number of hydrogen-bond donors (Lipinski definition) is 2. The van der Waals surface area contributed by atoms with Gasteiger partial charge in [0.1, 0.15) is 12.5 Å². The molecule has 0 aromatic carbocycles. The highest BCUT2D eigenvalue weighted by molar-refractivity contribution is 6.76. The van der Waals surface area contributed by atoms with Crippen molar-refractivity contribution in [1.29, 1.82) is 0 Å². The van der Waals surface area contributed by atoms with E-state index in [0.717, 1.165) is 68.0 Å². The predicted octanol–water partition coefficient (Wildman–Crippen LogP) is 7.89. The van der Waals surface area contributed by atoms with Crippen molar-refractivity contribution in [2.75, 3.05) is 18.5 Å². The van der Waals surface area contributed by atoms with Crippen LogP contribution >= 0.6 is 11.6 Å². The van der Waals surface area contributed by atoms with E-state index >= 15 is 0 Å². The Morgan fingerprint density at radius 1 is 1.07 bits per heavy atom. The number of hydrogen-bond acceptors (Lipinski definition) is 6. The highest BCUT2D eigenvalue weighted by atomic mass is 35.5. The monoisotopic (exact) mass is 677 g/mol. The lowest BCUT2D eigenvalue weighted by atomic mass is 9.85. The van der Waals surface area contributed by atoms with Gasteiger partial charge in [-0.3, -0.25) is 9.59 Å². The number of amides is 2. The first-order chi connectivity index (χ1) is 21.0. The van der Waals surface area contributed by atoms with Gasteiger partial charge in [0.2, 0.25) is 11.8 Å². The minimum absolute atomic E-state index is 0.0226. The molecule has 0 radical (unpaired) electrons. The lowest BCUT2D eigenvalue weighted by Gasteiger charge is -2.36. The molecule has 2 atom stereocenters. The van der Waals surface area contributed by atoms with E-state index < -0.39 is 16.4 Å². The first kappa shape index (κ1) is 37.4. The molecule has 2 heterocycles. The molecule has 9 nitrogen and oxygen atoms in total. The first-order valence-corrected chi connectivity index (χ1v) is 23.5. The van der Waals surface area contributed by atoms with E-state index in [9.17, 15) is 9.59 Å². The molecule has 1 fully saturated rings. The summed E-state index contributed by atoms with van der Waals surface area (Å²) in [7, 11) is -3.01. The Balaban J connectivity index is 1.76. The third kappa shape index (κ3) is 11.6. The van der Waals surface area contributed by atoms with Crippen LogP contribution in [0.5, 0.6) is 0 Å². The van der Waals surface area contributed by atoms with Crippen molar-refractivity contribution in [3.63, 3.8) is 0 Å². The smallest absolute Gasteiger partial charge is 0.228 e. The van der Waals surface area contributed by atoms with Crippen LogP contribution in [0.2, 0.25) is 48.8 Å². The van der Waals surface area contributed by atoms with Crippen LogP contribution in [0.25, 0.3) is 11.1 Å². The molecule has 1 aliphatic rings. The maximum absolute atomic E-state index is 13.2. The Labute approximate surface area is 277 Å². The zero-order valence-corrected chi connectivity index (χ0v) is 31.8. The number of carbonyl (C=O) groups is 2. The molecule has 0 saturated heterocycles. The number of nitrogens with zero attached hydrogens (tertiary/aromatic N) is 3. The van der Waals surface area contributed by atoms with E-state index in [1.54, 1.807) is 6.20 Å². The van der Waals surface area contributed by atoms with E-state index in [1.165, 1.54) is 6.92 Å². The lowest BCUT2D eigenvalue weighted by molar-refractivity contribution is -0.123. The number of nitrogens with one attached hydrogen (secondary N) is 2. The summed E-state index contributed by atoms with van der Waals surface area (Å²) in [6.45, 7) is 21.7. The fourth-order valence-corrected chi connectivity index (χ4v) is 7.32. The van der Waals surface area contributed by atoms with Gasteiger partial charge in [0.05, 0.1) is 11.2 Å². The van der Waals surface area contributed by atoms with Gasteiger partial charge in [-0.05, 0) is 68.8 Å². The molecular weight excluding hydrogens is 622 g/mol. The van der Waals surface area contributed by atoms with Crippen molar-refractivity contribution >= 4 is 45.6 Å². The van der Waals surface area contributed by atoms with Crippen LogP contribution in [0.3, 0.4) is 0 Å². The van der Waals surface area contributed by atoms with Gasteiger partial charge < -0.3 is 19.8 Å². The third-order valence-electron chi connectivity index (χ3n) is 9.08. The molecule has 252 valence electrons. The van der Waals surface area contributed by atoms with E-state index in [2.05, 4.69) is 69.1 Å². The Hall–Kier alpha value is -2.06. The fourth-order valence-electron chi connectivity index (χ4n) is 5.27. The summed E-state index contributed by atoms with van der Waals surface area (Å²) in [4.78, 5) is 29.2. The zero-order valence-electron chi connectivity index (χ0n) is 29.0. The minimum Gasteiger partial charge on any atom is -0.417 e. The van der Waals surface area contributed by atoms with Crippen LogP contribution in [0, 0.1) is 5.92 Å². The molecule has 45 heavy (non-hydrogen) atoms. The number of rotatable bonds is 15. The molecule has 2 amide bonds. The van der Waals surface area contributed by atoms with Crippen molar-refractivity contribution in [2.45, 2.75) is 129 Å². The number of halogens is 1. The number of unbranched alkanes of at least 4 members (excludes halogenated alkanes) is 1. The van der Waals surface area contributed by atoms with Crippen molar-refractivity contribution in [3.8, 4) is 11.1 Å². The second-order valence-electron chi connectivity index (χ2n) is 15.2. The van der Waals surface area contributed by atoms with Gasteiger partial charge in [0.25, 0.3) is 0 Å². The second kappa shape index (κ2) is 16.2. The van der Waals surface area contributed by atoms with Gasteiger partial charge in [-0.15, -0.1) is 0 Å². The van der Waals surface area contributed by atoms with Crippen molar-refractivity contribution < 1.29 is 18.8 Å². The van der Waals surface area contributed by atoms with Crippen LogP contribution in [0.4, 0.5) is 5.82 Å². The van der Waals surface area contributed by atoms with Gasteiger partial charge in [-0.25, -0.2) is 9.67 Å². The van der Waals surface area contributed by atoms with E-state index in [1.807, 2.05) is 16.9 Å². The van der Waals surface area contributed by atoms with Crippen LogP contribution in [-0.2, 0) is 31.9 Å². The molecule has 0 aliphatic heterocycles. The van der Waals surface area contributed by atoms with Gasteiger partial charge >= 0.3 is 0 Å². The Bertz CT molecular complexity index is 1290. The molecule has 2 aromatic heterocycles. The summed E-state index contributed by atoms with van der Waals surface area (Å²) in [5.41, 5.74) is 2.74. The molecule has 1 saturated carbocycles. The van der Waals surface area contributed by atoms with Crippen LogP contribution in [0.1, 0.15) is 71.9 Å². The summed E-state index contributed by atoms with van der Waals surface area (Å²) < 4.78 is 14.4. The summed E-state index contributed by atoms with van der Waals surface area (Å²) in [5.74, 6) is 0.121. The maximum Gasteiger partial charge on any atom is 0.228 e. The standard InChI is InChI=1S/C33H56ClN5O4Si2/c1-24(40)37-26-14-12-13-25(19-26)32(41)38-31-20-27(29(34)22-35-31)28-21-36-39(23-42-17-18-44(5,6)7)30(28)15-10-11-16-43-45(8,9)33(2,3)4/h20-22,25-26H,10-19,23H2,1-9H3,(H,37,40)(H,35,38,41)/t25-,26+/m0/s1. The number of ether oxygens (including phenoxy) is 1. The average Bonchev–Trinajstić information content (AvgIpc) is 3.32. The van der Waals surface area contributed by atoms with Gasteiger partial charge in [-0.2, -0.15) is 5.10 Å². The number of pyridine rings is 1. The summed E-state index contributed by atoms with van der Waals surface area (Å²) in [6, 6.07) is 2.95. The summed E-state index contributed by atoms with van der Waals surface area (Å²) >= 11 is 6.72. The lowest BCUT2D eigenvalue weighted by Crippen LogP contribution is -2.40. The van der Waals surface area contributed by atoms with Crippen molar-refractivity contribution in [1.82, 2.24) is 20.1 Å². The second-order valence-corrected chi connectivity index (χ2v) is 26.1. The molecule has 2 aromatic rings. The molecule has 1 aliphatic carbocycles. The SMILES string of the molecule is CC(=O)N[C@@H]1CCC[C@H](C(=O)Nc2cc(-c3cnn(COCC[Si](C)(C)C)c3CCCCO[Si](C)(C)C(C)(C)C)c(Cl)cn2)C1. The zero-order chi connectivity index (χ0) is 33.4. The molecule has 2 N–H and O–H groups in total. The van der Waals surface area contributed by atoms with E-state index in [-0.39, 0.29) is 28.8 Å². The van der Waals surface area contributed by atoms with Crippen molar-refractivity contribution in [2.24, 2.45) is 5.92 Å². The van der Waals surface area contributed by atoms with Gasteiger partial charge in [0.15, 0.2) is 8.32 Å². The Morgan fingerprint density at radius 2 is 1.80 bits per heavy atom. The minimum atomic E-state index is -1.80. The van der Waals surface area contributed by atoms with Gasteiger partial charge in [0, 0.05) is 63.2 Å². The predicted molar refractivity (Wildman–Crippen MR) is 189 cm³/mol. The topological polar surface area (TPSA) is 107 Å². The molecule has 0 bridgehead atoms. The quantitative estimate of drug-likeness (QED) is 0.147. The fraction of sp³-hybridized carbons (Fsp3) is 0.697. The highest BCUT2D eigenvalue weighted by Gasteiger charge is 2.36. The van der Waals surface area contributed by atoms with E-state index in [0.29, 0.717) is 30.6 Å². The van der Waals surface area contributed by atoms with Crippen LogP contribution < -0.4 is 10.6 Å². The van der Waals surface area contributed by atoms with Crippen molar-refractivity contribution in [3.05, 3.63) is 29.2 Å². The number of carbonyl (C=O) groups excluding carboxylic acids is 2. The first-order valence-electron chi connectivity index (χ1n) is 16.5.